The average molecular weight is 199 g/mol. The Morgan fingerprint density at radius 3 is 2.29 bits per heavy atom. The number of rotatable bonds is 6. The summed E-state index contributed by atoms with van der Waals surface area (Å²) in [5, 5.41) is 0. The van der Waals surface area contributed by atoms with Crippen LogP contribution in [-0.2, 0) is 9.53 Å². The van der Waals surface area contributed by atoms with E-state index in [1.807, 2.05) is 6.92 Å². The van der Waals surface area contributed by atoms with Gasteiger partial charge in [0.2, 0.25) is 0 Å². The molecule has 0 aromatic carbocycles. The highest BCUT2D eigenvalue weighted by Crippen LogP contribution is 2.07. The molecule has 0 heterocycles. The standard InChI is InChI=1S/C11H21NO2/c1-6-11(13)14-10(5)9(4)12(7-2)8-3/h6,9-10H,1,7-8H2,2-5H3. The Balaban J connectivity index is 4.15. The van der Waals surface area contributed by atoms with Gasteiger partial charge in [-0.3, -0.25) is 4.90 Å². The molecule has 0 amide bonds. The van der Waals surface area contributed by atoms with Crippen molar-refractivity contribution in [3.8, 4) is 0 Å². The highest BCUT2D eigenvalue weighted by atomic mass is 16.5. The molecule has 0 aliphatic heterocycles. The first-order chi connectivity index (χ1) is 6.56. The molecule has 0 aliphatic carbocycles. The molecule has 0 aromatic heterocycles. The lowest BCUT2D eigenvalue weighted by molar-refractivity contribution is -0.145. The summed E-state index contributed by atoms with van der Waals surface area (Å²) in [6.07, 6.45) is 1.10. The van der Waals surface area contributed by atoms with Gasteiger partial charge >= 0.3 is 5.97 Å². The van der Waals surface area contributed by atoms with Crippen molar-refractivity contribution in [2.75, 3.05) is 13.1 Å². The Hall–Kier alpha value is -0.830. The number of ether oxygens (including phenoxy) is 1. The van der Waals surface area contributed by atoms with E-state index in [9.17, 15) is 4.79 Å². The minimum atomic E-state index is -0.350. The molecule has 0 rings (SSSR count). The van der Waals surface area contributed by atoms with Gasteiger partial charge in [-0.05, 0) is 26.9 Å². The first-order valence-electron chi connectivity index (χ1n) is 5.13. The highest BCUT2D eigenvalue weighted by molar-refractivity contribution is 5.81. The highest BCUT2D eigenvalue weighted by Gasteiger charge is 2.19. The maximum absolute atomic E-state index is 11.0. The molecule has 0 saturated carbocycles. The SMILES string of the molecule is C=CC(=O)OC(C)C(C)N(CC)CC. The lowest BCUT2D eigenvalue weighted by atomic mass is 10.2. The van der Waals surface area contributed by atoms with Gasteiger partial charge in [0.05, 0.1) is 0 Å². The fraction of sp³-hybridized carbons (Fsp3) is 0.727. The van der Waals surface area contributed by atoms with E-state index in [-0.39, 0.29) is 18.1 Å². The fourth-order valence-corrected chi connectivity index (χ4v) is 1.43. The number of hydrogen-bond donors (Lipinski definition) is 0. The van der Waals surface area contributed by atoms with Gasteiger partial charge in [0, 0.05) is 12.1 Å². The molecule has 2 atom stereocenters. The monoisotopic (exact) mass is 199 g/mol. The minimum Gasteiger partial charge on any atom is -0.458 e. The normalized spacial score (nSPS) is 14.9. The van der Waals surface area contributed by atoms with E-state index in [4.69, 9.17) is 4.74 Å². The predicted octanol–water partition coefficient (Wildman–Crippen LogP) is 1.83. The van der Waals surface area contributed by atoms with Crippen LogP contribution in [-0.4, -0.2) is 36.1 Å². The molecule has 14 heavy (non-hydrogen) atoms. The van der Waals surface area contributed by atoms with Crippen LogP contribution < -0.4 is 0 Å². The van der Waals surface area contributed by atoms with E-state index in [0.29, 0.717) is 0 Å². The van der Waals surface area contributed by atoms with Crippen LogP contribution in [0.5, 0.6) is 0 Å². The van der Waals surface area contributed by atoms with Gasteiger partial charge in [-0.25, -0.2) is 4.79 Å². The second-order valence-corrected chi connectivity index (χ2v) is 3.31. The van der Waals surface area contributed by atoms with Crippen LogP contribution in [0.2, 0.25) is 0 Å². The van der Waals surface area contributed by atoms with E-state index in [0.717, 1.165) is 13.1 Å². The van der Waals surface area contributed by atoms with Gasteiger partial charge < -0.3 is 4.74 Å². The zero-order valence-electron chi connectivity index (χ0n) is 9.62. The van der Waals surface area contributed by atoms with Gasteiger partial charge in [-0.2, -0.15) is 0 Å². The van der Waals surface area contributed by atoms with Crippen molar-refractivity contribution >= 4 is 5.97 Å². The number of likely N-dealkylation sites (N-methyl/N-ethyl adjacent to an activating group) is 1. The van der Waals surface area contributed by atoms with Crippen LogP contribution in [0.1, 0.15) is 27.7 Å². The van der Waals surface area contributed by atoms with E-state index in [1.54, 1.807) is 0 Å². The topological polar surface area (TPSA) is 29.5 Å². The smallest absolute Gasteiger partial charge is 0.330 e. The summed E-state index contributed by atoms with van der Waals surface area (Å²) < 4.78 is 5.15. The number of carbonyl (C=O) groups is 1. The minimum absolute atomic E-state index is 0.0969. The lowest BCUT2D eigenvalue weighted by Gasteiger charge is -2.30. The summed E-state index contributed by atoms with van der Waals surface area (Å²) in [4.78, 5) is 13.2. The molecule has 0 fully saturated rings. The second-order valence-electron chi connectivity index (χ2n) is 3.31. The quantitative estimate of drug-likeness (QED) is 0.483. The van der Waals surface area contributed by atoms with Crippen molar-refractivity contribution in [2.45, 2.75) is 39.8 Å². The van der Waals surface area contributed by atoms with E-state index in [1.165, 1.54) is 6.08 Å². The molecule has 82 valence electrons. The zero-order chi connectivity index (χ0) is 11.1. The number of carbonyl (C=O) groups excluding carboxylic acids is 1. The Kier molecular flexibility index (Phi) is 6.21. The molecular formula is C11H21NO2. The molecular weight excluding hydrogens is 178 g/mol. The van der Waals surface area contributed by atoms with Gasteiger partial charge in [-0.15, -0.1) is 0 Å². The summed E-state index contributed by atoms with van der Waals surface area (Å²) >= 11 is 0. The van der Waals surface area contributed by atoms with Crippen molar-refractivity contribution in [1.29, 1.82) is 0 Å². The van der Waals surface area contributed by atoms with Gasteiger partial charge in [0.25, 0.3) is 0 Å². The van der Waals surface area contributed by atoms with Crippen LogP contribution in [0.25, 0.3) is 0 Å². The van der Waals surface area contributed by atoms with E-state index < -0.39 is 0 Å². The van der Waals surface area contributed by atoms with E-state index >= 15 is 0 Å². The molecule has 0 bridgehead atoms. The third-order valence-electron chi connectivity index (χ3n) is 2.54. The lowest BCUT2D eigenvalue weighted by Crippen LogP contribution is -2.41. The molecule has 0 spiro atoms. The van der Waals surface area contributed by atoms with Gasteiger partial charge in [-0.1, -0.05) is 20.4 Å². The van der Waals surface area contributed by atoms with Gasteiger partial charge in [0.15, 0.2) is 0 Å². The third-order valence-corrected chi connectivity index (χ3v) is 2.54. The summed E-state index contributed by atoms with van der Waals surface area (Å²) in [5.74, 6) is -0.350. The Labute approximate surface area is 86.7 Å². The first-order valence-corrected chi connectivity index (χ1v) is 5.13. The molecule has 0 aliphatic rings. The molecule has 3 nitrogen and oxygen atoms in total. The Morgan fingerprint density at radius 2 is 1.93 bits per heavy atom. The largest absolute Gasteiger partial charge is 0.458 e. The molecule has 2 unspecified atom stereocenters. The van der Waals surface area contributed by atoms with Crippen molar-refractivity contribution in [1.82, 2.24) is 4.90 Å². The summed E-state index contributed by atoms with van der Waals surface area (Å²) in [6, 6.07) is 0.244. The van der Waals surface area contributed by atoms with Crippen molar-refractivity contribution in [2.24, 2.45) is 0 Å². The molecule has 0 aromatic rings. The maximum Gasteiger partial charge on any atom is 0.330 e. The Morgan fingerprint density at radius 1 is 1.43 bits per heavy atom. The number of esters is 1. The van der Waals surface area contributed by atoms with E-state index in [2.05, 4.69) is 32.3 Å². The second kappa shape index (κ2) is 6.60. The fourth-order valence-electron chi connectivity index (χ4n) is 1.43. The Bertz CT molecular complexity index is 188. The number of nitrogens with zero attached hydrogens (tertiary/aromatic N) is 1. The summed E-state index contributed by atoms with van der Waals surface area (Å²) in [6.45, 7) is 13.5. The third kappa shape index (κ3) is 3.92. The zero-order valence-corrected chi connectivity index (χ0v) is 9.62. The molecule has 0 radical (unpaired) electrons. The van der Waals surface area contributed by atoms with Crippen molar-refractivity contribution in [3.05, 3.63) is 12.7 Å². The van der Waals surface area contributed by atoms with Crippen LogP contribution in [0.3, 0.4) is 0 Å². The molecule has 0 N–H and O–H groups in total. The van der Waals surface area contributed by atoms with Crippen molar-refractivity contribution in [3.63, 3.8) is 0 Å². The average Bonchev–Trinajstić information content (AvgIpc) is 2.19. The van der Waals surface area contributed by atoms with Crippen LogP contribution in [0.4, 0.5) is 0 Å². The van der Waals surface area contributed by atoms with Crippen molar-refractivity contribution < 1.29 is 9.53 Å². The summed E-state index contributed by atoms with van der Waals surface area (Å²) in [5.41, 5.74) is 0. The summed E-state index contributed by atoms with van der Waals surface area (Å²) in [7, 11) is 0. The molecule has 0 saturated heterocycles. The number of hydrogen-bond acceptors (Lipinski definition) is 3. The van der Waals surface area contributed by atoms with Gasteiger partial charge in [0.1, 0.15) is 6.10 Å². The predicted molar refractivity (Wildman–Crippen MR) is 58.1 cm³/mol. The maximum atomic E-state index is 11.0. The van der Waals surface area contributed by atoms with Crippen LogP contribution in [0, 0.1) is 0 Å². The van der Waals surface area contributed by atoms with Crippen LogP contribution >= 0.6 is 0 Å². The van der Waals surface area contributed by atoms with Crippen LogP contribution in [0.15, 0.2) is 12.7 Å². The molecule has 3 heteroatoms. The first kappa shape index (κ1) is 13.2.